The molecule has 0 bridgehead atoms. The van der Waals surface area contributed by atoms with Crippen LogP contribution in [-0.4, -0.2) is 35.2 Å². The maximum atomic E-state index is 12.1. The van der Waals surface area contributed by atoms with Gasteiger partial charge in [0.1, 0.15) is 11.9 Å². The Labute approximate surface area is 206 Å². The van der Waals surface area contributed by atoms with E-state index in [0.717, 1.165) is 17.5 Å². The van der Waals surface area contributed by atoms with E-state index >= 15 is 0 Å². The summed E-state index contributed by atoms with van der Waals surface area (Å²) in [5.74, 6) is -0.523. The Hall–Kier alpha value is -4.04. The highest BCUT2D eigenvalue weighted by atomic mass is 16.2. The van der Waals surface area contributed by atoms with Gasteiger partial charge in [-0.1, -0.05) is 61.5 Å². The molecule has 1 aromatic heterocycles. The second kappa shape index (κ2) is 15.0. The van der Waals surface area contributed by atoms with Crippen molar-refractivity contribution >= 4 is 17.6 Å². The van der Waals surface area contributed by atoms with Gasteiger partial charge in [-0.3, -0.25) is 20.0 Å². The molecule has 184 valence electrons. The first-order valence-corrected chi connectivity index (χ1v) is 11.5. The van der Waals surface area contributed by atoms with Crippen molar-refractivity contribution in [1.29, 1.82) is 5.41 Å². The quantitative estimate of drug-likeness (QED) is 0.227. The highest BCUT2D eigenvalue weighted by molar-refractivity contribution is 5.94. The van der Waals surface area contributed by atoms with Gasteiger partial charge in [0.05, 0.1) is 6.54 Å². The lowest BCUT2D eigenvalue weighted by Gasteiger charge is -2.14. The summed E-state index contributed by atoms with van der Waals surface area (Å²) >= 11 is 0. The van der Waals surface area contributed by atoms with Crippen LogP contribution in [0.5, 0.6) is 0 Å². The summed E-state index contributed by atoms with van der Waals surface area (Å²) in [6.45, 7) is 4.79. The lowest BCUT2D eigenvalue weighted by molar-refractivity contribution is -0.128. The van der Waals surface area contributed by atoms with E-state index in [2.05, 4.69) is 52.1 Å². The number of benzene rings is 2. The van der Waals surface area contributed by atoms with Gasteiger partial charge in [0.25, 0.3) is 0 Å². The van der Waals surface area contributed by atoms with Crippen LogP contribution in [0.15, 0.2) is 79.1 Å². The minimum Gasteiger partial charge on any atom is -0.384 e. The second-order valence-electron chi connectivity index (χ2n) is 7.92. The number of hydrogen-bond donors (Lipinski definition) is 5. The summed E-state index contributed by atoms with van der Waals surface area (Å²) in [5, 5.41) is 15.8. The molecule has 8 nitrogen and oxygen atoms in total. The van der Waals surface area contributed by atoms with Crippen molar-refractivity contribution < 1.29 is 9.59 Å². The molecule has 0 aliphatic carbocycles. The highest BCUT2D eigenvalue weighted by Crippen LogP contribution is 2.03. The number of carbonyl (C=O) groups excluding carboxylic acids is 2. The minimum absolute atomic E-state index is 0.000499. The van der Waals surface area contributed by atoms with Crippen molar-refractivity contribution in [3.05, 3.63) is 101 Å². The van der Waals surface area contributed by atoms with Gasteiger partial charge < -0.3 is 21.7 Å². The molecule has 0 saturated heterocycles. The molecular formula is C27H34N6O2. The van der Waals surface area contributed by atoms with Gasteiger partial charge in [0, 0.05) is 31.0 Å². The summed E-state index contributed by atoms with van der Waals surface area (Å²) in [6.07, 6.45) is 4.52. The van der Waals surface area contributed by atoms with E-state index in [1.54, 1.807) is 43.6 Å². The molecule has 35 heavy (non-hydrogen) atoms. The molecule has 0 aliphatic rings. The number of amides is 2. The Balaban J connectivity index is 0.000000456. The number of rotatable bonds is 10. The summed E-state index contributed by atoms with van der Waals surface area (Å²) in [5.41, 5.74) is 9.35. The maximum absolute atomic E-state index is 12.1. The third-order valence-corrected chi connectivity index (χ3v) is 5.12. The number of hydrogen-bond acceptors (Lipinski definition) is 5. The molecule has 6 N–H and O–H groups in total. The van der Waals surface area contributed by atoms with Gasteiger partial charge >= 0.3 is 0 Å². The summed E-state index contributed by atoms with van der Waals surface area (Å²) in [4.78, 5) is 28.0. The molecule has 0 radical (unpaired) electrons. The molecule has 0 spiro atoms. The Kier molecular flexibility index (Phi) is 11.6. The van der Waals surface area contributed by atoms with Crippen LogP contribution in [0.25, 0.3) is 0 Å². The number of nitrogens with two attached hydrogens (primary N) is 1. The number of nitrogens with one attached hydrogen (secondary N) is 4. The van der Waals surface area contributed by atoms with Gasteiger partial charge in [-0.2, -0.15) is 0 Å². The minimum atomic E-state index is -0.642. The van der Waals surface area contributed by atoms with Crippen molar-refractivity contribution in [1.82, 2.24) is 20.9 Å². The zero-order valence-corrected chi connectivity index (χ0v) is 20.3. The Bertz CT molecular complexity index is 1060. The fraction of sp³-hybridized carbons (Fsp3) is 0.259. The normalized spacial score (nSPS) is 10.9. The molecule has 3 aromatic rings. The summed E-state index contributed by atoms with van der Waals surface area (Å²) < 4.78 is 0. The number of pyridine rings is 1. The van der Waals surface area contributed by atoms with Crippen LogP contribution in [0, 0.1) is 5.41 Å². The molecule has 1 heterocycles. The fourth-order valence-corrected chi connectivity index (χ4v) is 3.04. The monoisotopic (exact) mass is 474 g/mol. The molecule has 8 heteroatoms. The summed E-state index contributed by atoms with van der Waals surface area (Å²) in [6, 6.07) is 20.6. The first-order chi connectivity index (χ1) is 16.9. The largest absolute Gasteiger partial charge is 0.384 e. The zero-order chi connectivity index (χ0) is 25.5. The number of carbonyl (C=O) groups is 2. The van der Waals surface area contributed by atoms with Crippen LogP contribution < -0.4 is 21.7 Å². The highest BCUT2D eigenvalue weighted by Gasteiger charge is 2.15. The number of aromatic nitrogens is 1. The predicted molar refractivity (Wildman–Crippen MR) is 139 cm³/mol. The molecule has 3 rings (SSSR count). The Morgan fingerprint density at radius 2 is 1.54 bits per heavy atom. The third-order valence-electron chi connectivity index (χ3n) is 5.12. The number of aryl methyl sites for hydroxylation is 1. The lowest BCUT2D eigenvalue weighted by Crippen LogP contribution is -2.47. The standard InChI is InChI=1S/C19H24N6O2.C8H10/c1-13(25-17(26)12-23-10-15-6-8-22-9-7-15)19(27)24-11-14-2-4-16(5-3-14)18(20)21;1-2-8-6-4-3-5-7-8/h2-9,13,23H,10-12H2,1H3,(H3,20,21)(H,24,27)(H,25,26);3-7H,2H2,1H3. The number of nitrogen functional groups attached to an aromatic ring is 1. The molecule has 1 atom stereocenters. The summed E-state index contributed by atoms with van der Waals surface area (Å²) in [7, 11) is 0. The third kappa shape index (κ3) is 10.6. The van der Waals surface area contributed by atoms with Gasteiger partial charge in [0.2, 0.25) is 11.8 Å². The fourth-order valence-electron chi connectivity index (χ4n) is 3.04. The van der Waals surface area contributed by atoms with E-state index in [-0.39, 0.29) is 24.2 Å². The molecule has 2 aromatic carbocycles. The van der Waals surface area contributed by atoms with Gasteiger partial charge in [-0.25, -0.2) is 0 Å². The van der Waals surface area contributed by atoms with Crippen LogP contribution in [0.3, 0.4) is 0 Å². The SMILES string of the molecule is CC(NC(=O)CNCc1ccncc1)C(=O)NCc1ccc(C(=N)N)cc1.CCc1ccccc1. The van der Waals surface area contributed by atoms with Crippen LogP contribution in [0.4, 0.5) is 0 Å². The molecule has 0 fully saturated rings. The van der Waals surface area contributed by atoms with Crippen molar-refractivity contribution in [2.45, 2.75) is 39.4 Å². The van der Waals surface area contributed by atoms with E-state index in [9.17, 15) is 9.59 Å². The van der Waals surface area contributed by atoms with Crippen molar-refractivity contribution in [3.63, 3.8) is 0 Å². The molecule has 0 saturated carbocycles. The van der Waals surface area contributed by atoms with Crippen LogP contribution in [0.1, 0.15) is 36.1 Å². The van der Waals surface area contributed by atoms with E-state index < -0.39 is 6.04 Å². The average Bonchev–Trinajstić information content (AvgIpc) is 2.89. The molecule has 2 amide bonds. The lowest BCUT2D eigenvalue weighted by atomic mass is 10.1. The zero-order valence-electron chi connectivity index (χ0n) is 20.3. The second-order valence-corrected chi connectivity index (χ2v) is 7.92. The first-order valence-electron chi connectivity index (χ1n) is 11.5. The van der Waals surface area contributed by atoms with Gasteiger partial charge in [0.15, 0.2) is 0 Å². The Morgan fingerprint density at radius 1 is 0.914 bits per heavy atom. The van der Waals surface area contributed by atoms with Crippen LogP contribution in [0.2, 0.25) is 0 Å². The van der Waals surface area contributed by atoms with E-state index in [1.165, 1.54) is 5.56 Å². The average molecular weight is 475 g/mol. The predicted octanol–water partition coefficient (Wildman–Crippen LogP) is 2.53. The smallest absolute Gasteiger partial charge is 0.242 e. The van der Waals surface area contributed by atoms with Gasteiger partial charge in [-0.05, 0) is 42.2 Å². The van der Waals surface area contributed by atoms with E-state index in [4.69, 9.17) is 11.1 Å². The van der Waals surface area contributed by atoms with E-state index in [1.807, 2.05) is 18.2 Å². The number of nitrogens with zero attached hydrogens (tertiary/aromatic N) is 1. The van der Waals surface area contributed by atoms with Crippen molar-refractivity contribution in [2.75, 3.05) is 6.54 Å². The molecule has 1 unspecified atom stereocenters. The van der Waals surface area contributed by atoms with Crippen LogP contribution >= 0.6 is 0 Å². The van der Waals surface area contributed by atoms with Crippen LogP contribution in [-0.2, 0) is 29.1 Å². The number of amidine groups is 1. The van der Waals surface area contributed by atoms with Gasteiger partial charge in [-0.15, -0.1) is 0 Å². The molecule has 0 aliphatic heterocycles. The van der Waals surface area contributed by atoms with Crippen molar-refractivity contribution in [3.8, 4) is 0 Å². The first kappa shape index (κ1) is 27.2. The van der Waals surface area contributed by atoms with Crippen molar-refractivity contribution in [2.24, 2.45) is 5.73 Å². The maximum Gasteiger partial charge on any atom is 0.242 e. The molecular weight excluding hydrogens is 440 g/mol. The van der Waals surface area contributed by atoms with E-state index in [0.29, 0.717) is 18.7 Å². The topological polar surface area (TPSA) is 133 Å². The Morgan fingerprint density at radius 3 is 2.11 bits per heavy atom.